The van der Waals surface area contributed by atoms with E-state index in [-0.39, 0.29) is 5.84 Å². The minimum absolute atomic E-state index is 0.232. The van der Waals surface area contributed by atoms with Crippen LogP contribution in [0.25, 0.3) is 5.70 Å². The lowest BCUT2D eigenvalue weighted by molar-refractivity contribution is 0.821. The van der Waals surface area contributed by atoms with Crippen molar-refractivity contribution < 1.29 is 0 Å². The van der Waals surface area contributed by atoms with Gasteiger partial charge in [-0.3, -0.25) is 10.3 Å². The molecule has 1 aliphatic rings. The monoisotopic (exact) mass is 321 g/mol. The Kier molecular flexibility index (Phi) is 4.13. The summed E-state index contributed by atoms with van der Waals surface area (Å²) in [5, 5.41) is 8.77. The van der Waals surface area contributed by atoms with Crippen LogP contribution in [0, 0.1) is 5.41 Å². The number of rotatable bonds is 3. The Morgan fingerprint density at radius 1 is 1.17 bits per heavy atom. The van der Waals surface area contributed by atoms with Crippen molar-refractivity contribution in [2.45, 2.75) is 6.42 Å². The lowest BCUT2D eigenvalue weighted by atomic mass is 10.0. The topological polar surface area (TPSA) is 39.5 Å². The molecule has 23 heavy (non-hydrogen) atoms. The zero-order chi connectivity index (χ0) is 16.4. The number of hydrogen-bond donors (Lipinski definition) is 1. The summed E-state index contributed by atoms with van der Waals surface area (Å²) < 4.78 is 0. The molecule has 0 aromatic heterocycles. The molecule has 1 aliphatic heterocycles. The summed E-state index contributed by atoms with van der Waals surface area (Å²) in [7, 11) is 0. The normalized spacial score (nSPS) is 13.3. The first-order valence-corrected chi connectivity index (χ1v) is 7.60. The number of amidine groups is 2. The first-order valence-electron chi connectivity index (χ1n) is 7.22. The fourth-order valence-electron chi connectivity index (χ4n) is 2.62. The first-order chi connectivity index (χ1) is 11.1. The Hall–Kier alpha value is -2.65. The second-order valence-electron chi connectivity index (χ2n) is 5.20. The molecule has 3 rings (SSSR count). The van der Waals surface area contributed by atoms with E-state index in [1.165, 1.54) is 6.08 Å². The maximum atomic E-state index is 8.19. The average Bonchev–Trinajstić information content (AvgIpc) is 2.55. The van der Waals surface area contributed by atoms with E-state index < -0.39 is 0 Å². The molecule has 0 atom stereocenters. The van der Waals surface area contributed by atoms with Crippen molar-refractivity contribution in [1.29, 1.82) is 5.41 Å². The third-order valence-electron chi connectivity index (χ3n) is 3.70. The third kappa shape index (κ3) is 2.83. The molecule has 0 spiro atoms. The number of nitrogens with zero attached hydrogens (tertiary/aromatic N) is 2. The van der Waals surface area contributed by atoms with Gasteiger partial charge in [-0.25, -0.2) is 4.99 Å². The molecule has 2 aromatic carbocycles. The highest BCUT2D eigenvalue weighted by Crippen LogP contribution is 2.38. The van der Waals surface area contributed by atoms with Crippen molar-refractivity contribution >= 4 is 34.7 Å². The molecule has 2 aromatic rings. The number of benzene rings is 2. The van der Waals surface area contributed by atoms with Crippen molar-refractivity contribution in [3.8, 4) is 0 Å². The lowest BCUT2D eigenvalue weighted by Gasteiger charge is -2.32. The summed E-state index contributed by atoms with van der Waals surface area (Å²) in [5.74, 6) is 0.969. The van der Waals surface area contributed by atoms with Gasteiger partial charge in [0.05, 0.1) is 16.4 Å². The van der Waals surface area contributed by atoms with Gasteiger partial charge in [-0.2, -0.15) is 0 Å². The molecule has 0 fully saturated rings. The molecule has 0 radical (unpaired) electrons. The summed E-state index contributed by atoms with van der Waals surface area (Å²) in [5.41, 5.74) is 3.31. The molecule has 0 unspecified atom stereocenters. The van der Waals surface area contributed by atoms with Gasteiger partial charge >= 0.3 is 0 Å². The van der Waals surface area contributed by atoms with Crippen LogP contribution in [-0.2, 0) is 6.42 Å². The maximum Gasteiger partial charge on any atom is 0.130 e. The third-order valence-corrected chi connectivity index (χ3v) is 4.01. The summed E-state index contributed by atoms with van der Waals surface area (Å²) >= 11 is 6.31. The quantitative estimate of drug-likeness (QED) is 0.622. The van der Waals surface area contributed by atoms with Gasteiger partial charge in [0.15, 0.2) is 0 Å². The minimum Gasteiger partial charge on any atom is -0.284 e. The van der Waals surface area contributed by atoms with Gasteiger partial charge in [0.1, 0.15) is 11.7 Å². The smallest absolute Gasteiger partial charge is 0.130 e. The molecule has 1 N–H and O–H groups in total. The van der Waals surface area contributed by atoms with Crippen molar-refractivity contribution in [2.75, 3.05) is 0 Å². The second kappa shape index (κ2) is 6.23. The number of nitrogens with one attached hydrogen (secondary N) is 1. The van der Waals surface area contributed by atoms with Crippen LogP contribution in [0.2, 0.25) is 5.02 Å². The largest absolute Gasteiger partial charge is 0.284 e. The van der Waals surface area contributed by atoms with E-state index in [1.807, 2.05) is 42.5 Å². The van der Waals surface area contributed by atoms with Gasteiger partial charge in [0.2, 0.25) is 0 Å². The van der Waals surface area contributed by atoms with Crippen LogP contribution in [-0.4, -0.2) is 16.6 Å². The van der Waals surface area contributed by atoms with E-state index in [0.29, 0.717) is 17.1 Å². The SMILES string of the molecule is C=CC(=N)N1C(=C)c2c(Cl)cccc2N=C1Cc1ccccc1. The Balaban J connectivity index is 2.11. The highest BCUT2D eigenvalue weighted by Gasteiger charge is 2.27. The van der Waals surface area contributed by atoms with Crippen LogP contribution in [0.5, 0.6) is 0 Å². The molecular formula is C19H16ClN3. The van der Waals surface area contributed by atoms with Crippen LogP contribution in [0.4, 0.5) is 5.69 Å². The van der Waals surface area contributed by atoms with Crippen molar-refractivity contribution in [2.24, 2.45) is 4.99 Å². The summed E-state index contributed by atoms with van der Waals surface area (Å²) in [4.78, 5) is 6.41. The van der Waals surface area contributed by atoms with E-state index >= 15 is 0 Å². The van der Waals surface area contributed by atoms with E-state index in [9.17, 15) is 0 Å². The molecule has 0 aliphatic carbocycles. The van der Waals surface area contributed by atoms with Gasteiger partial charge in [-0.15, -0.1) is 0 Å². The molecule has 1 heterocycles. The number of halogens is 1. The number of aliphatic imine (C=N–C) groups is 1. The van der Waals surface area contributed by atoms with Gasteiger partial charge in [0, 0.05) is 12.0 Å². The molecule has 4 heteroatoms. The fraction of sp³-hybridized carbons (Fsp3) is 0.0526. The Bertz CT molecular complexity index is 822. The average molecular weight is 322 g/mol. The summed E-state index contributed by atoms with van der Waals surface area (Å²) in [6.45, 7) is 7.83. The van der Waals surface area contributed by atoms with Gasteiger partial charge in [0.25, 0.3) is 0 Å². The van der Waals surface area contributed by atoms with Crippen molar-refractivity contribution in [1.82, 2.24) is 4.90 Å². The fourth-order valence-corrected chi connectivity index (χ4v) is 2.90. The minimum atomic E-state index is 0.232. The second-order valence-corrected chi connectivity index (χ2v) is 5.60. The molecular weight excluding hydrogens is 306 g/mol. The molecule has 0 bridgehead atoms. The predicted octanol–water partition coefficient (Wildman–Crippen LogP) is 5.06. The van der Waals surface area contributed by atoms with Crippen LogP contribution in [0.1, 0.15) is 11.1 Å². The lowest BCUT2D eigenvalue weighted by Crippen LogP contribution is -2.36. The zero-order valence-electron chi connectivity index (χ0n) is 12.6. The van der Waals surface area contributed by atoms with Crippen LogP contribution >= 0.6 is 11.6 Å². The highest BCUT2D eigenvalue weighted by molar-refractivity contribution is 6.33. The predicted molar refractivity (Wildman–Crippen MR) is 97.5 cm³/mol. The number of fused-ring (bicyclic) bond motifs is 1. The maximum absolute atomic E-state index is 8.19. The number of hydrogen-bond acceptors (Lipinski definition) is 2. The van der Waals surface area contributed by atoms with E-state index in [4.69, 9.17) is 22.0 Å². The van der Waals surface area contributed by atoms with Crippen LogP contribution < -0.4 is 0 Å². The van der Waals surface area contributed by atoms with Gasteiger partial charge in [-0.05, 0) is 23.8 Å². The van der Waals surface area contributed by atoms with Crippen molar-refractivity contribution in [3.63, 3.8) is 0 Å². The Labute approximate surface area is 140 Å². The van der Waals surface area contributed by atoms with E-state index in [0.717, 1.165) is 22.6 Å². The standard InChI is InChI=1S/C19H16ClN3/c1-3-17(21)23-13(2)19-15(20)10-7-11-16(19)22-18(23)12-14-8-5-4-6-9-14/h3-11,21H,1-2,12H2. The van der Waals surface area contributed by atoms with Crippen molar-refractivity contribution in [3.05, 3.63) is 83.9 Å². The molecule has 0 saturated carbocycles. The van der Waals surface area contributed by atoms with Gasteiger partial charge < -0.3 is 0 Å². The summed E-state index contributed by atoms with van der Waals surface area (Å²) in [6, 6.07) is 15.6. The molecule has 0 amide bonds. The molecule has 0 saturated heterocycles. The van der Waals surface area contributed by atoms with Gasteiger partial charge in [-0.1, -0.05) is 61.2 Å². The Morgan fingerprint density at radius 3 is 2.61 bits per heavy atom. The first kappa shape index (κ1) is 15.3. The zero-order valence-corrected chi connectivity index (χ0v) is 13.3. The van der Waals surface area contributed by atoms with Crippen LogP contribution in [0.15, 0.2) is 72.8 Å². The molecule has 3 nitrogen and oxygen atoms in total. The van der Waals surface area contributed by atoms with Crippen LogP contribution in [0.3, 0.4) is 0 Å². The van der Waals surface area contributed by atoms with E-state index in [2.05, 4.69) is 13.2 Å². The Morgan fingerprint density at radius 2 is 1.91 bits per heavy atom. The summed E-state index contributed by atoms with van der Waals surface area (Å²) in [6.07, 6.45) is 2.08. The highest BCUT2D eigenvalue weighted by atomic mass is 35.5. The molecule has 114 valence electrons. The van der Waals surface area contributed by atoms with E-state index in [1.54, 1.807) is 11.0 Å².